The van der Waals surface area contributed by atoms with Gasteiger partial charge in [-0.2, -0.15) is 9.49 Å². The second-order valence-electron chi connectivity index (χ2n) is 9.02. The second kappa shape index (κ2) is 10.4. The molecular weight excluding hydrogens is 440 g/mol. The van der Waals surface area contributed by atoms with E-state index in [4.69, 9.17) is 21.0 Å². The molecule has 4 rings (SSSR count). The van der Waals surface area contributed by atoms with Crippen molar-refractivity contribution in [3.63, 3.8) is 0 Å². The quantitative estimate of drug-likeness (QED) is 0.408. The van der Waals surface area contributed by atoms with Gasteiger partial charge in [0.05, 0.1) is 24.2 Å². The normalized spacial score (nSPS) is 18.3. The molecular formula is C28H31BFN3O2. The van der Waals surface area contributed by atoms with Crippen LogP contribution in [0.1, 0.15) is 33.2 Å². The number of methoxy groups -OCH3 is 1. The zero-order valence-corrected chi connectivity index (χ0v) is 21.0. The zero-order valence-electron chi connectivity index (χ0n) is 21.0. The summed E-state index contributed by atoms with van der Waals surface area (Å²) in [5.41, 5.74) is 3.01. The standard InChI is InChI=1S/C28H31BFN3O2/c1-6-18(3)19(4)28-23(7-2)27(31-33(28)21-15-16-32(29)17-21)20-11-13-22(14-12-20)35-25-10-8-9-24(34-5)26(25)30/h1,7-14,18,21H,15-17,29H2,2-5H3/b23-7-,28-19+/t18?,21-/m1/s1. The second-order valence-corrected chi connectivity index (χ2v) is 9.02. The van der Waals surface area contributed by atoms with Crippen LogP contribution < -0.4 is 20.0 Å². The Morgan fingerprint density at radius 1 is 1.26 bits per heavy atom. The van der Waals surface area contributed by atoms with Gasteiger partial charge >= 0.3 is 0 Å². The van der Waals surface area contributed by atoms with Gasteiger partial charge in [0.2, 0.25) is 5.82 Å². The summed E-state index contributed by atoms with van der Waals surface area (Å²) in [6.45, 7) is 8.18. The van der Waals surface area contributed by atoms with Crippen LogP contribution in [-0.2, 0) is 0 Å². The van der Waals surface area contributed by atoms with E-state index >= 15 is 0 Å². The molecule has 7 heteroatoms. The number of benzene rings is 2. The predicted molar refractivity (Wildman–Crippen MR) is 141 cm³/mol. The number of nitrogens with zero attached hydrogens (tertiary/aromatic N) is 3. The molecule has 2 heterocycles. The van der Waals surface area contributed by atoms with Crippen LogP contribution in [0.15, 0.2) is 42.5 Å². The van der Waals surface area contributed by atoms with E-state index in [9.17, 15) is 4.39 Å². The molecule has 1 unspecified atom stereocenters. The molecule has 1 aliphatic heterocycles. The van der Waals surface area contributed by atoms with Crippen molar-refractivity contribution in [3.05, 3.63) is 58.8 Å². The van der Waals surface area contributed by atoms with E-state index in [-0.39, 0.29) is 17.4 Å². The first-order valence-corrected chi connectivity index (χ1v) is 11.9. The summed E-state index contributed by atoms with van der Waals surface area (Å²) in [7, 11) is 3.57. The molecule has 2 aromatic carbocycles. The molecule has 180 valence electrons. The molecule has 0 amide bonds. The minimum Gasteiger partial charge on any atom is -0.494 e. The number of rotatable bonds is 6. The SMILES string of the molecule is BN1CC[C@@H](n2nc(-c3ccc(Oc4cccc(OC)c4F)cc3)c(=C/C)/c2=C(/C)C(C)C#C)C1. The largest absolute Gasteiger partial charge is 0.494 e. The Balaban J connectivity index is 1.77. The lowest BCUT2D eigenvalue weighted by molar-refractivity contribution is 0.368. The van der Waals surface area contributed by atoms with Crippen molar-refractivity contribution < 1.29 is 13.9 Å². The predicted octanol–water partition coefficient (Wildman–Crippen LogP) is 3.53. The number of hydrogen-bond donors (Lipinski definition) is 0. The van der Waals surface area contributed by atoms with E-state index < -0.39 is 5.82 Å². The van der Waals surface area contributed by atoms with Gasteiger partial charge in [0.25, 0.3) is 0 Å². The minimum atomic E-state index is -0.527. The van der Waals surface area contributed by atoms with Gasteiger partial charge in [0.1, 0.15) is 5.75 Å². The molecule has 0 saturated carbocycles. The first kappa shape index (κ1) is 24.6. The Morgan fingerprint density at radius 2 is 1.97 bits per heavy atom. The van der Waals surface area contributed by atoms with Gasteiger partial charge in [-0.25, -0.2) is 0 Å². The highest BCUT2D eigenvalue weighted by molar-refractivity contribution is 6.04. The van der Waals surface area contributed by atoms with E-state index in [2.05, 4.69) is 43.3 Å². The molecule has 0 aliphatic carbocycles. The third-order valence-electron chi connectivity index (χ3n) is 6.72. The fourth-order valence-electron chi connectivity index (χ4n) is 4.57. The highest BCUT2D eigenvalue weighted by atomic mass is 19.1. The molecule has 0 radical (unpaired) electrons. The Bertz CT molecular complexity index is 1370. The molecule has 0 N–H and O–H groups in total. The summed E-state index contributed by atoms with van der Waals surface area (Å²) >= 11 is 0. The lowest BCUT2D eigenvalue weighted by Gasteiger charge is -2.14. The van der Waals surface area contributed by atoms with E-state index in [1.54, 1.807) is 18.2 Å². The van der Waals surface area contributed by atoms with Crippen molar-refractivity contribution in [2.75, 3.05) is 20.2 Å². The van der Waals surface area contributed by atoms with E-state index in [1.807, 2.05) is 31.2 Å². The van der Waals surface area contributed by atoms with Gasteiger partial charge < -0.3 is 14.3 Å². The summed E-state index contributed by atoms with van der Waals surface area (Å²) in [5.74, 6) is 3.14. The van der Waals surface area contributed by atoms with Crippen LogP contribution in [-0.4, -0.2) is 42.8 Å². The highest BCUT2D eigenvalue weighted by Gasteiger charge is 2.25. The molecule has 1 fully saturated rings. The fourth-order valence-corrected chi connectivity index (χ4v) is 4.57. The molecule has 1 saturated heterocycles. The first-order valence-electron chi connectivity index (χ1n) is 11.9. The topological polar surface area (TPSA) is 39.5 Å². The van der Waals surface area contributed by atoms with Crippen LogP contribution in [0.3, 0.4) is 0 Å². The highest BCUT2D eigenvalue weighted by Crippen LogP contribution is 2.31. The van der Waals surface area contributed by atoms with Crippen LogP contribution in [0.2, 0.25) is 0 Å². The van der Waals surface area contributed by atoms with Crippen molar-refractivity contribution in [2.24, 2.45) is 5.92 Å². The number of terminal acetylenes is 1. The summed E-state index contributed by atoms with van der Waals surface area (Å²) in [6.07, 6.45) is 8.94. The lowest BCUT2D eigenvalue weighted by atomic mass is 10.0. The molecule has 3 aromatic rings. The van der Waals surface area contributed by atoms with Gasteiger partial charge in [0.15, 0.2) is 19.5 Å². The van der Waals surface area contributed by atoms with Crippen molar-refractivity contribution in [2.45, 2.75) is 33.2 Å². The summed E-state index contributed by atoms with van der Waals surface area (Å²) in [4.78, 5) is 2.33. The molecule has 0 bridgehead atoms. The van der Waals surface area contributed by atoms with E-state index in [0.29, 0.717) is 11.8 Å². The Kier molecular flexibility index (Phi) is 7.32. The van der Waals surface area contributed by atoms with Crippen molar-refractivity contribution in [1.29, 1.82) is 0 Å². The maximum atomic E-state index is 14.5. The van der Waals surface area contributed by atoms with Crippen molar-refractivity contribution in [3.8, 4) is 40.8 Å². The van der Waals surface area contributed by atoms with Gasteiger partial charge in [-0.15, -0.1) is 6.42 Å². The maximum absolute atomic E-state index is 14.5. The molecule has 0 spiro atoms. The average molecular weight is 471 g/mol. The van der Waals surface area contributed by atoms with Crippen LogP contribution in [0.25, 0.3) is 22.9 Å². The number of ether oxygens (including phenoxy) is 2. The average Bonchev–Trinajstić information content (AvgIpc) is 3.48. The molecule has 35 heavy (non-hydrogen) atoms. The molecule has 1 aromatic heterocycles. The van der Waals surface area contributed by atoms with Crippen LogP contribution >= 0.6 is 0 Å². The van der Waals surface area contributed by atoms with E-state index in [1.165, 1.54) is 7.11 Å². The third kappa shape index (κ3) is 4.85. The monoisotopic (exact) mass is 471 g/mol. The van der Waals surface area contributed by atoms with Crippen LogP contribution in [0, 0.1) is 24.1 Å². The van der Waals surface area contributed by atoms with Gasteiger partial charge in [-0.05, 0) is 75.7 Å². The van der Waals surface area contributed by atoms with Gasteiger partial charge in [-0.3, -0.25) is 4.68 Å². The maximum Gasteiger partial charge on any atom is 0.207 e. The van der Waals surface area contributed by atoms with Crippen molar-refractivity contribution >= 4 is 19.6 Å². The Hall–Kier alpha value is -3.50. The van der Waals surface area contributed by atoms with Crippen molar-refractivity contribution in [1.82, 2.24) is 14.6 Å². The van der Waals surface area contributed by atoms with Crippen LogP contribution in [0.4, 0.5) is 4.39 Å². The lowest BCUT2D eigenvalue weighted by Crippen LogP contribution is -2.36. The molecule has 5 nitrogen and oxygen atoms in total. The van der Waals surface area contributed by atoms with E-state index in [0.717, 1.165) is 46.9 Å². The third-order valence-corrected chi connectivity index (χ3v) is 6.72. The molecule has 2 atom stereocenters. The van der Waals surface area contributed by atoms with Gasteiger partial charge in [-0.1, -0.05) is 18.1 Å². The van der Waals surface area contributed by atoms with Crippen LogP contribution in [0.5, 0.6) is 17.2 Å². The smallest absolute Gasteiger partial charge is 0.207 e. The Labute approximate surface area is 207 Å². The summed E-state index contributed by atoms with van der Waals surface area (Å²) in [6, 6.07) is 12.7. The fraction of sp³-hybridized carbons (Fsp3) is 0.321. The summed E-state index contributed by atoms with van der Waals surface area (Å²) in [5, 5.41) is 7.29. The van der Waals surface area contributed by atoms with Gasteiger partial charge in [0, 0.05) is 23.2 Å². The first-order chi connectivity index (χ1) is 16.9. The number of aromatic nitrogens is 2. The summed E-state index contributed by atoms with van der Waals surface area (Å²) < 4.78 is 27.5. The number of hydrogen-bond acceptors (Lipinski definition) is 4. The molecule has 1 aliphatic rings. The Morgan fingerprint density at radius 3 is 2.57 bits per heavy atom. The number of halogens is 1. The zero-order chi connectivity index (χ0) is 25.1. The minimum absolute atomic E-state index is 0.00432.